The number of H-pyrrole nitrogens is 1. The maximum Gasteiger partial charge on any atom is 0.326 e. The molecule has 8 heteroatoms. The molecule has 0 saturated carbocycles. The van der Waals surface area contributed by atoms with E-state index in [2.05, 4.69) is 15.3 Å². The maximum atomic E-state index is 11.8. The molecule has 0 aliphatic rings. The Labute approximate surface area is 130 Å². The van der Waals surface area contributed by atoms with Gasteiger partial charge in [0.1, 0.15) is 6.04 Å². The van der Waals surface area contributed by atoms with Gasteiger partial charge in [0.15, 0.2) is 5.78 Å². The van der Waals surface area contributed by atoms with Crippen molar-refractivity contribution in [3.8, 4) is 0 Å². The van der Waals surface area contributed by atoms with E-state index in [1.165, 1.54) is 23.9 Å². The summed E-state index contributed by atoms with van der Waals surface area (Å²) in [5, 5.41) is 13.3. The number of thiophene rings is 1. The summed E-state index contributed by atoms with van der Waals surface area (Å²) in [4.78, 5) is 42.0. The number of Topliss-reactive ketones (excluding diaryl/α,β-unsaturated/α-hetero) is 1. The SMILES string of the molecule is O=C(CCC(=O)c1cccs1)NC(Cc1cnc[nH]1)C(=O)O. The van der Waals surface area contributed by atoms with Gasteiger partial charge in [0.05, 0.1) is 11.2 Å². The van der Waals surface area contributed by atoms with Crippen LogP contribution in [0.3, 0.4) is 0 Å². The fourth-order valence-electron chi connectivity index (χ4n) is 1.87. The van der Waals surface area contributed by atoms with Crippen molar-refractivity contribution in [2.24, 2.45) is 0 Å². The van der Waals surface area contributed by atoms with Crippen molar-refractivity contribution >= 4 is 29.0 Å². The minimum absolute atomic E-state index is 0.0382. The van der Waals surface area contributed by atoms with Crippen LogP contribution < -0.4 is 5.32 Å². The number of carbonyl (C=O) groups is 3. The molecule has 2 heterocycles. The molecule has 0 radical (unpaired) electrons. The Bertz CT molecular complexity index is 637. The molecule has 1 amide bonds. The fourth-order valence-corrected chi connectivity index (χ4v) is 2.56. The van der Waals surface area contributed by atoms with Crippen LogP contribution in [0.2, 0.25) is 0 Å². The first-order valence-electron chi connectivity index (χ1n) is 6.62. The van der Waals surface area contributed by atoms with E-state index in [9.17, 15) is 14.4 Å². The third-order valence-corrected chi connectivity index (χ3v) is 3.90. The highest BCUT2D eigenvalue weighted by molar-refractivity contribution is 7.12. The Balaban J connectivity index is 1.83. The summed E-state index contributed by atoms with van der Waals surface area (Å²) in [6.07, 6.45) is 3.07. The molecule has 1 atom stereocenters. The molecule has 7 nitrogen and oxygen atoms in total. The quantitative estimate of drug-likeness (QED) is 0.633. The summed E-state index contributed by atoms with van der Waals surface area (Å²) in [7, 11) is 0. The van der Waals surface area contributed by atoms with E-state index in [-0.39, 0.29) is 25.0 Å². The van der Waals surface area contributed by atoms with Gasteiger partial charge < -0.3 is 15.4 Å². The second-order valence-corrected chi connectivity index (χ2v) is 5.59. The number of aromatic nitrogens is 2. The molecule has 1 unspecified atom stereocenters. The van der Waals surface area contributed by atoms with E-state index in [0.29, 0.717) is 10.6 Å². The van der Waals surface area contributed by atoms with Gasteiger partial charge in [-0.15, -0.1) is 11.3 Å². The molecule has 22 heavy (non-hydrogen) atoms. The number of carboxylic acids is 1. The Morgan fingerprint density at radius 1 is 1.36 bits per heavy atom. The Kier molecular flexibility index (Phi) is 5.42. The number of hydrogen-bond acceptors (Lipinski definition) is 5. The largest absolute Gasteiger partial charge is 0.480 e. The lowest BCUT2D eigenvalue weighted by Crippen LogP contribution is -2.42. The average Bonchev–Trinajstić information content (AvgIpc) is 3.16. The summed E-state index contributed by atoms with van der Waals surface area (Å²) < 4.78 is 0. The molecular formula is C14H15N3O4S. The molecular weight excluding hydrogens is 306 g/mol. The van der Waals surface area contributed by atoms with E-state index in [1.807, 2.05) is 0 Å². The number of amides is 1. The third kappa shape index (κ3) is 4.52. The number of nitrogens with zero attached hydrogens (tertiary/aromatic N) is 1. The predicted octanol–water partition coefficient (Wildman–Crippen LogP) is 1.25. The van der Waals surface area contributed by atoms with Crippen LogP contribution in [0.5, 0.6) is 0 Å². The van der Waals surface area contributed by atoms with Crippen molar-refractivity contribution in [1.29, 1.82) is 0 Å². The van der Waals surface area contributed by atoms with Crippen molar-refractivity contribution in [3.05, 3.63) is 40.6 Å². The van der Waals surface area contributed by atoms with Gasteiger partial charge >= 0.3 is 5.97 Å². The third-order valence-electron chi connectivity index (χ3n) is 2.99. The predicted molar refractivity (Wildman–Crippen MR) is 79.7 cm³/mol. The summed E-state index contributed by atoms with van der Waals surface area (Å²) in [5.74, 6) is -1.71. The summed E-state index contributed by atoms with van der Waals surface area (Å²) >= 11 is 1.32. The second kappa shape index (κ2) is 7.51. The molecule has 2 aromatic heterocycles. The fraction of sp³-hybridized carbons (Fsp3) is 0.286. The number of nitrogens with one attached hydrogen (secondary N) is 2. The molecule has 3 N–H and O–H groups in total. The van der Waals surface area contributed by atoms with Crippen molar-refractivity contribution in [2.45, 2.75) is 25.3 Å². The summed E-state index contributed by atoms with van der Waals surface area (Å²) in [6.45, 7) is 0. The highest BCUT2D eigenvalue weighted by Gasteiger charge is 2.21. The minimum atomic E-state index is -1.13. The molecule has 0 fully saturated rings. The number of imidazole rings is 1. The van der Waals surface area contributed by atoms with Crippen LogP contribution in [0.15, 0.2) is 30.0 Å². The van der Waals surface area contributed by atoms with Crippen molar-refractivity contribution in [1.82, 2.24) is 15.3 Å². The van der Waals surface area contributed by atoms with E-state index >= 15 is 0 Å². The van der Waals surface area contributed by atoms with Gasteiger partial charge in [-0.3, -0.25) is 9.59 Å². The highest BCUT2D eigenvalue weighted by Crippen LogP contribution is 2.12. The zero-order chi connectivity index (χ0) is 15.9. The van der Waals surface area contributed by atoms with E-state index in [0.717, 1.165) is 0 Å². The van der Waals surface area contributed by atoms with Crippen LogP contribution in [0.25, 0.3) is 0 Å². The number of hydrogen-bond donors (Lipinski definition) is 3. The Morgan fingerprint density at radius 2 is 2.18 bits per heavy atom. The average molecular weight is 321 g/mol. The monoisotopic (exact) mass is 321 g/mol. The van der Waals surface area contributed by atoms with Crippen LogP contribution in [0, 0.1) is 0 Å². The van der Waals surface area contributed by atoms with Crippen molar-refractivity contribution in [3.63, 3.8) is 0 Å². The van der Waals surface area contributed by atoms with Gasteiger partial charge in [0.25, 0.3) is 0 Å². The van der Waals surface area contributed by atoms with E-state index in [1.54, 1.807) is 17.5 Å². The minimum Gasteiger partial charge on any atom is -0.480 e. The topological polar surface area (TPSA) is 112 Å². The van der Waals surface area contributed by atoms with Gasteiger partial charge in [0, 0.05) is 31.2 Å². The summed E-state index contributed by atoms with van der Waals surface area (Å²) in [5.41, 5.74) is 0.613. The number of carbonyl (C=O) groups excluding carboxylic acids is 2. The standard InChI is InChI=1S/C14H15N3O4S/c18-11(12-2-1-5-22-12)3-4-13(19)17-10(14(20)21)6-9-7-15-8-16-9/h1-2,5,7-8,10H,3-4,6H2,(H,15,16)(H,17,19)(H,20,21). The zero-order valence-electron chi connectivity index (χ0n) is 11.6. The first kappa shape index (κ1) is 15.9. The van der Waals surface area contributed by atoms with Crippen LogP contribution in [0.4, 0.5) is 0 Å². The van der Waals surface area contributed by atoms with E-state index < -0.39 is 17.9 Å². The van der Waals surface area contributed by atoms with Crippen LogP contribution in [-0.2, 0) is 16.0 Å². The number of aliphatic carboxylic acids is 1. The zero-order valence-corrected chi connectivity index (χ0v) is 12.4. The summed E-state index contributed by atoms with van der Waals surface area (Å²) in [6, 6.07) is 2.41. The number of carboxylic acid groups (broad SMARTS) is 1. The van der Waals surface area contributed by atoms with Crippen LogP contribution >= 0.6 is 11.3 Å². The lowest BCUT2D eigenvalue weighted by Gasteiger charge is -2.13. The Morgan fingerprint density at radius 3 is 2.77 bits per heavy atom. The number of aromatic amines is 1. The number of ketones is 1. The molecule has 0 spiro atoms. The van der Waals surface area contributed by atoms with Crippen LogP contribution in [0.1, 0.15) is 28.2 Å². The molecule has 116 valence electrons. The van der Waals surface area contributed by atoms with Gasteiger partial charge in [0.2, 0.25) is 5.91 Å². The highest BCUT2D eigenvalue weighted by atomic mass is 32.1. The number of rotatable bonds is 8. The molecule has 0 aliphatic carbocycles. The molecule has 2 rings (SSSR count). The molecule has 2 aromatic rings. The van der Waals surface area contributed by atoms with Gasteiger partial charge in [-0.2, -0.15) is 0 Å². The first-order chi connectivity index (χ1) is 10.6. The molecule has 0 aliphatic heterocycles. The van der Waals surface area contributed by atoms with Gasteiger partial charge in [-0.1, -0.05) is 6.07 Å². The van der Waals surface area contributed by atoms with Gasteiger partial charge in [-0.25, -0.2) is 9.78 Å². The molecule has 0 bridgehead atoms. The lowest BCUT2D eigenvalue weighted by atomic mass is 10.1. The second-order valence-electron chi connectivity index (χ2n) is 4.64. The van der Waals surface area contributed by atoms with Crippen molar-refractivity contribution in [2.75, 3.05) is 0 Å². The normalized spacial score (nSPS) is 11.8. The lowest BCUT2D eigenvalue weighted by molar-refractivity contribution is -0.141. The first-order valence-corrected chi connectivity index (χ1v) is 7.50. The van der Waals surface area contributed by atoms with E-state index in [4.69, 9.17) is 5.11 Å². The smallest absolute Gasteiger partial charge is 0.326 e. The molecule has 0 aromatic carbocycles. The Hall–Kier alpha value is -2.48. The van der Waals surface area contributed by atoms with Crippen molar-refractivity contribution < 1.29 is 19.5 Å². The van der Waals surface area contributed by atoms with Crippen LogP contribution in [-0.4, -0.2) is 38.8 Å². The van der Waals surface area contributed by atoms with Gasteiger partial charge in [-0.05, 0) is 11.4 Å². The molecule has 0 saturated heterocycles. The maximum absolute atomic E-state index is 11.8.